The fourth-order valence-corrected chi connectivity index (χ4v) is 12.5. The van der Waals surface area contributed by atoms with Gasteiger partial charge in [0.1, 0.15) is 42.7 Å². The molecular weight excluding hydrogens is 660 g/mol. The standard InChI is InChI=1S/C39H62O12/c1-18-8-13-39(46-17-18)19(2)28-26(51-39)15-25-23-7-6-21-14-22(9-11-37(21,4)24(23)10-12-38(25,28)5)48-36-34(32(44)30(42)27(16-40)49-36)50-35-33(45)31(43)29(41)20(3)47-35/h6,18-20,22-36,40-45H,7-17H2,1-5H3/t18-,19+,20?,22?,23-,24+,25+,26+,27?,28+,29+,30-,31?,32?,33+,34+,35+,36-,37+,38+,39-/m1/s1. The van der Waals surface area contributed by atoms with Crippen LogP contribution in [0.15, 0.2) is 11.6 Å². The summed E-state index contributed by atoms with van der Waals surface area (Å²) in [6, 6.07) is 0. The van der Waals surface area contributed by atoms with Gasteiger partial charge in [-0.2, -0.15) is 0 Å². The number of ether oxygens (including phenoxy) is 6. The smallest absolute Gasteiger partial charge is 0.187 e. The van der Waals surface area contributed by atoms with Crippen LogP contribution in [0.1, 0.15) is 92.4 Å². The maximum Gasteiger partial charge on any atom is 0.187 e. The van der Waals surface area contributed by atoms with E-state index in [-0.39, 0.29) is 23.0 Å². The Morgan fingerprint density at radius 1 is 0.824 bits per heavy atom. The van der Waals surface area contributed by atoms with Gasteiger partial charge in [-0.25, -0.2) is 0 Å². The van der Waals surface area contributed by atoms with Crippen LogP contribution in [0.2, 0.25) is 0 Å². The predicted molar refractivity (Wildman–Crippen MR) is 182 cm³/mol. The minimum Gasteiger partial charge on any atom is -0.394 e. The van der Waals surface area contributed by atoms with Crippen molar-refractivity contribution in [3.8, 4) is 0 Å². The summed E-state index contributed by atoms with van der Waals surface area (Å²) in [6.07, 6.45) is -1.68. The summed E-state index contributed by atoms with van der Waals surface area (Å²) < 4.78 is 37.6. The Kier molecular flexibility index (Phi) is 9.83. The molecular formula is C39H62O12. The summed E-state index contributed by atoms with van der Waals surface area (Å²) in [5, 5.41) is 62.9. The van der Waals surface area contributed by atoms with Gasteiger partial charge in [0, 0.05) is 12.3 Å². The van der Waals surface area contributed by atoms with Gasteiger partial charge >= 0.3 is 0 Å². The van der Waals surface area contributed by atoms with Crippen LogP contribution in [-0.4, -0.2) is 123 Å². The Morgan fingerprint density at radius 2 is 1.61 bits per heavy atom. The zero-order valence-corrected chi connectivity index (χ0v) is 30.9. The lowest BCUT2D eigenvalue weighted by atomic mass is 9.47. The third-order valence-corrected chi connectivity index (χ3v) is 15.6. The minimum atomic E-state index is -1.61. The summed E-state index contributed by atoms with van der Waals surface area (Å²) in [6.45, 7) is 11.5. The molecule has 0 radical (unpaired) electrons. The lowest BCUT2D eigenvalue weighted by Crippen LogP contribution is -2.64. The highest BCUT2D eigenvalue weighted by Crippen LogP contribution is 2.70. The van der Waals surface area contributed by atoms with E-state index in [1.54, 1.807) is 0 Å². The molecule has 21 atom stereocenters. The van der Waals surface area contributed by atoms with Crippen molar-refractivity contribution in [3.63, 3.8) is 0 Å². The molecule has 4 heterocycles. The molecule has 4 aliphatic carbocycles. The van der Waals surface area contributed by atoms with E-state index in [1.165, 1.54) is 31.8 Å². The Labute approximate surface area is 301 Å². The largest absolute Gasteiger partial charge is 0.394 e. The Balaban J connectivity index is 0.964. The van der Waals surface area contributed by atoms with Crippen molar-refractivity contribution >= 4 is 0 Å². The monoisotopic (exact) mass is 722 g/mol. The van der Waals surface area contributed by atoms with E-state index in [0.717, 1.165) is 38.7 Å². The van der Waals surface area contributed by atoms with Crippen LogP contribution in [0.5, 0.6) is 0 Å². The zero-order valence-electron chi connectivity index (χ0n) is 30.9. The SMILES string of the molecule is CC1O[C@@H](O[C@H]2C(O)[C@H](O)C(CO)O[C@H]2OC2CC[C@@]3(C)C(=CC[C@H]4[C@@H]5C[C@@H]6O[C@]7(CC[C@@H](C)CO7)[C@@H](C)[C@@H]6[C@@]5(C)CC[C@@H]43)C2)[C@@H](O)C(O)[C@H]1O. The van der Waals surface area contributed by atoms with Gasteiger partial charge in [-0.3, -0.25) is 0 Å². The molecule has 290 valence electrons. The molecule has 8 aliphatic rings. The van der Waals surface area contributed by atoms with Crippen LogP contribution >= 0.6 is 0 Å². The lowest BCUT2D eigenvalue weighted by Gasteiger charge is -2.58. The van der Waals surface area contributed by atoms with Crippen molar-refractivity contribution in [2.75, 3.05) is 13.2 Å². The van der Waals surface area contributed by atoms with E-state index < -0.39 is 73.8 Å². The fourth-order valence-electron chi connectivity index (χ4n) is 12.5. The van der Waals surface area contributed by atoms with Crippen molar-refractivity contribution in [3.05, 3.63) is 11.6 Å². The first-order valence-electron chi connectivity index (χ1n) is 19.8. The van der Waals surface area contributed by atoms with Crippen LogP contribution in [0.3, 0.4) is 0 Å². The second-order valence-corrected chi connectivity index (χ2v) is 18.3. The van der Waals surface area contributed by atoms with E-state index in [0.29, 0.717) is 41.9 Å². The second kappa shape index (κ2) is 13.5. The molecule has 0 amide bonds. The van der Waals surface area contributed by atoms with Crippen LogP contribution in [0.25, 0.3) is 0 Å². The molecule has 0 bridgehead atoms. The minimum absolute atomic E-state index is 0.0535. The summed E-state index contributed by atoms with van der Waals surface area (Å²) >= 11 is 0. The highest BCUT2D eigenvalue weighted by molar-refractivity contribution is 5.26. The van der Waals surface area contributed by atoms with Gasteiger partial charge in [0.05, 0.1) is 31.5 Å². The number of fused-ring (bicyclic) bond motifs is 7. The number of allylic oxidation sites excluding steroid dienone is 1. The van der Waals surface area contributed by atoms with Gasteiger partial charge in [0.15, 0.2) is 18.4 Å². The normalized spacial score (nSPS) is 58.4. The molecule has 7 fully saturated rings. The Hall–Kier alpha value is -0.740. The third-order valence-electron chi connectivity index (χ3n) is 15.6. The first-order valence-corrected chi connectivity index (χ1v) is 19.8. The molecule has 3 saturated carbocycles. The van der Waals surface area contributed by atoms with Crippen molar-refractivity contribution in [2.45, 2.75) is 172 Å². The maximum absolute atomic E-state index is 11.1. The van der Waals surface area contributed by atoms with Crippen LogP contribution in [0, 0.1) is 46.3 Å². The summed E-state index contributed by atoms with van der Waals surface area (Å²) in [5.74, 6) is 2.92. The number of hydrogen-bond donors (Lipinski definition) is 6. The van der Waals surface area contributed by atoms with Crippen LogP contribution in [0.4, 0.5) is 0 Å². The summed E-state index contributed by atoms with van der Waals surface area (Å²) in [7, 11) is 0. The second-order valence-electron chi connectivity index (χ2n) is 18.3. The van der Waals surface area contributed by atoms with E-state index >= 15 is 0 Å². The summed E-state index contributed by atoms with van der Waals surface area (Å²) in [5.41, 5.74) is 1.70. The molecule has 0 aromatic rings. The molecule has 0 aromatic carbocycles. The average molecular weight is 723 g/mol. The van der Waals surface area contributed by atoms with E-state index in [9.17, 15) is 30.6 Å². The van der Waals surface area contributed by atoms with Crippen LogP contribution in [-0.2, 0) is 28.4 Å². The molecule has 51 heavy (non-hydrogen) atoms. The van der Waals surface area contributed by atoms with Gasteiger partial charge < -0.3 is 59.1 Å². The average Bonchev–Trinajstić information content (AvgIpc) is 3.56. The van der Waals surface area contributed by atoms with E-state index in [2.05, 4.69) is 33.8 Å². The van der Waals surface area contributed by atoms with Gasteiger partial charge in [0.2, 0.25) is 0 Å². The number of rotatable bonds is 5. The molecule has 12 nitrogen and oxygen atoms in total. The predicted octanol–water partition coefficient (Wildman–Crippen LogP) is 2.39. The summed E-state index contributed by atoms with van der Waals surface area (Å²) in [4.78, 5) is 0. The van der Waals surface area contributed by atoms with Gasteiger partial charge in [-0.05, 0) is 98.7 Å². The molecule has 4 aliphatic heterocycles. The van der Waals surface area contributed by atoms with E-state index in [1.807, 2.05) is 0 Å². The lowest BCUT2D eigenvalue weighted by molar-refractivity contribution is -0.369. The maximum atomic E-state index is 11.1. The van der Waals surface area contributed by atoms with Crippen molar-refractivity contribution in [2.24, 2.45) is 46.3 Å². The zero-order chi connectivity index (χ0) is 36.2. The fraction of sp³-hybridized carbons (Fsp3) is 0.949. The molecule has 0 aromatic heterocycles. The van der Waals surface area contributed by atoms with Gasteiger partial charge in [-0.15, -0.1) is 0 Å². The first kappa shape index (κ1) is 37.2. The molecule has 6 N–H and O–H groups in total. The van der Waals surface area contributed by atoms with Crippen molar-refractivity contribution in [1.82, 2.24) is 0 Å². The number of hydrogen-bond acceptors (Lipinski definition) is 12. The van der Waals surface area contributed by atoms with Crippen molar-refractivity contribution < 1.29 is 59.1 Å². The quantitative estimate of drug-likeness (QED) is 0.229. The highest BCUT2D eigenvalue weighted by atomic mass is 16.8. The number of aliphatic hydroxyl groups excluding tert-OH is 6. The third kappa shape index (κ3) is 5.84. The molecule has 4 saturated heterocycles. The number of aliphatic hydroxyl groups is 6. The van der Waals surface area contributed by atoms with Crippen molar-refractivity contribution in [1.29, 1.82) is 0 Å². The van der Waals surface area contributed by atoms with Crippen LogP contribution < -0.4 is 0 Å². The Morgan fingerprint density at radius 3 is 2.33 bits per heavy atom. The first-order chi connectivity index (χ1) is 24.2. The van der Waals surface area contributed by atoms with Gasteiger partial charge in [-0.1, -0.05) is 39.3 Å². The molecule has 1 spiro atoms. The topological polar surface area (TPSA) is 177 Å². The molecule has 8 rings (SSSR count). The molecule has 5 unspecified atom stereocenters. The molecule has 12 heteroatoms. The highest BCUT2D eigenvalue weighted by Gasteiger charge is 2.68. The Bertz CT molecular complexity index is 1300. The van der Waals surface area contributed by atoms with Gasteiger partial charge in [0.25, 0.3) is 0 Å². The van der Waals surface area contributed by atoms with E-state index in [4.69, 9.17) is 28.4 Å².